The lowest BCUT2D eigenvalue weighted by Gasteiger charge is -2.29. The van der Waals surface area contributed by atoms with Crippen LogP contribution in [0, 0.1) is 0 Å². The number of amides is 2. The lowest BCUT2D eigenvalue weighted by Crippen LogP contribution is -2.50. The fourth-order valence-electron chi connectivity index (χ4n) is 2.14. The number of nitrogens with zero attached hydrogens (tertiary/aromatic N) is 2. The molecular weight excluding hydrogens is 310 g/mol. The molecule has 1 saturated carbocycles. The van der Waals surface area contributed by atoms with Crippen LogP contribution in [0.2, 0.25) is 0 Å². The van der Waals surface area contributed by atoms with Crippen LogP contribution in [0.5, 0.6) is 0 Å². The molecule has 1 unspecified atom stereocenters. The molecule has 1 fully saturated rings. The summed E-state index contributed by atoms with van der Waals surface area (Å²) in [7, 11) is 1.57. The first kappa shape index (κ1) is 20.7. The molecule has 2 amide bonds. The summed E-state index contributed by atoms with van der Waals surface area (Å²) in [6.07, 6.45) is 2.77. The summed E-state index contributed by atoms with van der Waals surface area (Å²) in [5.74, 6) is -1.37. The molecule has 0 bridgehead atoms. The van der Waals surface area contributed by atoms with Crippen molar-refractivity contribution in [2.24, 2.45) is 0 Å². The monoisotopic (exact) mass is 335 g/mol. The molecule has 1 rings (SSSR count). The van der Waals surface area contributed by atoms with Crippen molar-refractivity contribution in [3.05, 3.63) is 0 Å². The Morgan fingerprint density at radius 2 is 1.86 bits per heavy atom. The summed E-state index contributed by atoms with van der Waals surface area (Å²) < 4.78 is 0. The maximum atomic E-state index is 12.3. The Morgan fingerprint density at radius 3 is 2.32 bits per heavy atom. The van der Waals surface area contributed by atoms with E-state index >= 15 is 0 Å². The molecule has 2 N–H and O–H groups in total. The van der Waals surface area contributed by atoms with E-state index in [1.165, 1.54) is 4.90 Å². The Morgan fingerprint density at radius 1 is 1.27 bits per heavy atom. The van der Waals surface area contributed by atoms with Crippen LogP contribution in [0.15, 0.2) is 0 Å². The average Bonchev–Trinajstić information content (AvgIpc) is 3.19. The van der Waals surface area contributed by atoms with Crippen LogP contribution in [0.4, 0.5) is 0 Å². The van der Waals surface area contributed by atoms with Crippen molar-refractivity contribution in [1.82, 2.24) is 15.1 Å². The van der Waals surface area contributed by atoms with Crippen LogP contribution in [-0.4, -0.2) is 71.5 Å². The first-order chi connectivity index (χ1) is 9.85. The van der Waals surface area contributed by atoms with E-state index in [1.54, 1.807) is 18.9 Å². The third kappa shape index (κ3) is 7.09. The van der Waals surface area contributed by atoms with Gasteiger partial charge in [-0.1, -0.05) is 6.92 Å². The number of carbonyl (C=O) groups is 3. The number of hydrogen-bond acceptors (Lipinski definition) is 4. The number of hydrogen-bond donors (Lipinski definition) is 2. The van der Waals surface area contributed by atoms with E-state index in [9.17, 15) is 14.4 Å². The van der Waals surface area contributed by atoms with Crippen LogP contribution in [-0.2, 0) is 14.4 Å². The second-order valence-corrected chi connectivity index (χ2v) is 5.58. The van der Waals surface area contributed by atoms with Gasteiger partial charge in [-0.25, -0.2) is 0 Å². The first-order valence-electron chi connectivity index (χ1n) is 7.35. The quantitative estimate of drug-likeness (QED) is 0.634. The van der Waals surface area contributed by atoms with Crippen molar-refractivity contribution in [2.45, 2.75) is 45.2 Å². The standard InChI is InChI=1S/C14H25N3O4.ClH/c1-4-7-17(9-13(19)20)10(2)14(21)16(3)8-12(18)15-11-5-6-11;/h10-11H,4-9H2,1-3H3,(H,15,18)(H,19,20);1H. The number of nitrogens with one attached hydrogen (secondary N) is 1. The van der Waals surface area contributed by atoms with Crippen molar-refractivity contribution >= 4 is 30.2 Å². The van der Waals surface area contributed by atoms with Gasteiger partial charge in [0.05, 0.1) is 19.1 Å². The summed E-state index contributed by atoms with van der Waals surface area (Å²) in [4.78, 5) is 37.8. The zero-order valence-corrected chi connectivity index (χ0v) is 14.2. The highest BCUT2D eigenvalue weighted by molar-refractivity contribution is 5.87. The minimum atomic E-state index is -0.961. The van der Waals surface area contributed by atoms with E-state index in [0.717, 1.165) is 19.3 Å². The van der Waals surface area contributed by atoms with Gasteiger partial charge in [-0.2, -0.15) is 0 Å². The normalized spacial score (nSPS) is 14.9. The Bertz CT molecular complexity index is 402. The smallest absolute Gasteiger partial charge is 0.317 e. The van der Waals surface area contributed by atoms with Crippen LogP contribution in [0.1, 0.15) is 33.1 Å². The van der Waals surface area contributed by atoms with E-state index in [-0.39, 0.29) is 43.4 Å². The third-order valence-corrected chi connectivity index (χ3v) is 3.45. The van der Waals surface area contributed by atoms with Crippen molar-refractivity contribution in [2.75, 3.05) is 26.7 Å². The minimum Gasteiger partial charge on any atom is -0.480 e. The topological polar surface area (TPSA) is 90.0 Å². The van der Waals surface area contributed by atoms with Gasteiger partial charge in [0.25, 0.3) is 0 Å². The number of likely N-dealkylation sites (N-methyl/N-ethyl adjacent to an activating group) is 1. The molecule has 0 aromatic carbocycles. The van der Waals surface area contributed by atoms with E-state index in [0.29, 0.717) is 6.54 Å². The van der Waals surface area contributed by atoms with Gasteiger partial charge in [-0.3, -0.25) is 19.3 Å². The predicted octanol–water partition coefficient (Wildman–Crippen LogP) is 0.330. The molecule has 22 heavy (non-hydrogen) atoms. The second-order valence-electron chi connectivity index (χ2n) is 5.58. The molecule has 0 radical (unpaired) electrons. The van der Waals surface area contributed by atoms with Crippen molar-refractivity contribution in [3.8, 4) is 0 Å². The van der Waals surface area contributed by atoms with Gasteiger partial charge in [0, 0.05) is 13.1 Å². The zero-order valence-electron chi connectivity index (χ0n) is 13.4. The highest BCUT2D eigenvalue weighted by Gasteiger charge is 2.28. The molecule has 128 valence electrons. The molecule has 8 heteroatoms. The fourth-order valence-corrected chi connectivity index (χ4v) is 2.14. The van der Waals surface area contributed by atoms with Crippen LogP contribution in [0.25, 0.3) is 0 Å². The van der Waals surface area contributed by atoms with E-state index in [4.69, 9.17) is 5.11 Å². The van der Waals surface area contributed by atoms with Gasteiger partial charge in [0.15, 0.2) is 0 Å². The molecule has 7 nitrogen and oxygen atoms in total. The van der Waals surface area contributed by atoms with Gasteiger partial charge < -0.3 is 15.3 Å². The lowest BCUT2D eigenvalue weighted by molar-refractivity contribution is -0.143. The number of carbonyl (C=O) groups excluding carboxylic acids is 2. The molecule has 0 heterocycles. The van der Waals surface area contributed by atoms with Crippen LogP contribution >= 0.6 is 12.4 Å². The molecule has 1 aliphatic carbocycles. The van der Waals surface area contributed by atoms with Gasteiger partial charge in [0.1, 0.15) is 0 Å². The SMILES string of the molecule is CCCN(CC(=O)O)C(C)C(=O)N(C)CC(=O)NC1CC1.Cl. The number of rotatable bonds is 9. The van der Waals surface area contributed by atoms with Gasteiger partial charge >= 0.3 is 5.97 Å². The Balaban J connectivity index is 0.00000441. The highest BCUT2D eigenvalue weighted by atomic mass is 35.5. The zero-order chi connectivity index (χ0) is 16.0. The average molecular weight is 336 g/mol. The van der Waals surface area contributed by atoms with Gasteiger partial charge in [-0.15, -0.1) is 12.4 Å². The number of halogens is 1. The van der Waals surface area contributed by atoms with Gasteiger partial charge in [-0.05, 0) is 32.7 Å². The largest absolute Gasteiger partial charge is 0.480 e. The summed E-state index contributed by atoms with van der Waals surface area (Å²) in [6.45, 7) is 3.96. The Labute approximate surface area is 137 Å². The van der Waals surface area contributed by atoms with Crippen LogP contribution < -0.4 is 5.32 Å². The number of carboxylic acid groups (broad SMARTS) is 1. The second kappa shape index (κ2) is 9.63. The van der Waals surface area contributed by atoms with Crippen molar-refractivity contribution in [3.63, 3.8) is 0 Å². The maximum Gasteiger partial charge on any atom is 0.317 e. The summed E-state index contributed by atoms with van der Waals surface area (Å²) >= 11 is 0. The van der Waals surface area contributed by atoms with Gasteiger partial charge in [0.2, 0.25) is 11.8 Å². The Kier molecular flexibility index (Phi) is 9.04. The van der Waals surface area contributed by atoms with E-state index in [1.807, 2.05) is 6.92 Å². The van der Waals surface area contributed by atoms with Crippen LogP contribution in [0.3, 0.4) is 0 Å². The summed E-state index contributed by atoms with van der Waals surface area (Å²) in [5, 5.41) is 11.7. The molecule has 0 saturated heterocycles. The van der Waals surface area contributed by atoms with E-state index in [2.05, 4.69) is 5.32 Å². The number of carboxylic acids is 1. The Hall–Kier alpha value is -1.34. The third-order valence-electron chi connectivity index (χ3n) is 3.45. The summed E-state index contributed by atoms with van der Waals surface area (Å²) in [5.41, 5.74) is 0. The molecule has 1 atom stereocenters. The highest BCUT2D eigenvalue weighted by Crippen LogP contribution is 2.18. The van der Waals surface area contributed by atoms with Crippen molar-refractivity contribution in [1.29, 1.82) is 0 Å². The lowest BCUT2D eigenvalue weighted by atomic mass is 10.2. The molecule has 0 spiro atoms. The minimum absolute atomic E-state index is 0. The summed E-state index contributed by atoms with van der Waals surface area (Å²) in [6, 6.07) is -0.290. The number of aliphatic carboxylic acids is 1. The molecule has 1 aliphatic rings. The molecule has 0 aromatic heterocycles. The molecule has 0 aromatic rings. The fraction of sp³-hybridized carbons (Fsp3) is 0.786. The molecule has 0 aliphatic heterocycles. The van der Waals surface area contributed by atoms with Crippen molar-refractivity contribution < 1.29 is 19.5 Å². The first-order valence-corrected chi connectivity index (χ1v) is 7.35. The maximum absolute atomic E-state index is 12.3. The predicted molar refractivity (Wildman–Crippen MR) is 85.0 cm³/mol. The molecular formula is C14H26ClN3O4. The van der Waals surface area contributed by atoms with E-state index < -0.39 is 12.0 Å².